The summed E-state index contributed by atoms with van der Waals surface area (Å²) in [7, 11) is 0. The minimum absolute atomic E-state index is 0.0891. The SMILES string of the molecule is O=C(CCCC[C@@H]1SC[C@@H]2NC(=O)N[C@@H]21)NCC(=O)Nc1cnc2c3cccnc3c3ncccc3c2n1. The van der Waals surface area contributed by atoms with E-state index in [9.17, 15) is 14.4 Å². The summed E-state index contributed by atoms with van der Waals surface area (Å²) < 4.78 is 0. The van der Waals surface area contributed by atoms with Crippen LogP contribution in [-0.2, 0) is 9.59 Å². The van der Waals surface area contributed by atoms with Crippen molar-refractivity contribution in [1.82, 2.24) is 35.9 Å². The van der Waals surface area contributed by atoms with Gasteiger partial charge in [0.25, 0.3) is 0 Å². The molecule has 2 aliphatic heterocycles. The Hall–Kier alpha value is -4.06. The maximum atomic E-state index is 12.5. The van der Waals surface area contributed by atoms with Crippen LogP contribution in [0.15, 0.2) is 42.9 Å². The maximum Gasteiger partial charge on any atom is 0.315 e. The first kappa shape index (κ1) is 24.3. The van der Waals surface area contributed by atoms with Crippen LogP contribution in [0.2, 0.25) is 0 Å². The van der Waals surface area contributed by atoms with Gasteiger partial charge >= 0.3 is 6.03 Å². The number of thioether (sulfide) groups is 1. The first-order chi connectivity index (χ1) is 18.6. The van der Waals surface area contributed by atoms with Crippen LogP contribution >= 0.6 is 11.8 Å². The van der Waals surface area contributed by atoms with Crippen molar-refractivity contribution in [3.8, 4) is 0 Å². The Balaban J connectivity index is 1.02. The number of rotatable bonds is 8. The van der Waals surface area contributed by atoms with Crippen LogP contribution in [0.25, 0.3) is 32.8 Å². The Morgan fingerprint density at radius 2 is 1.68 bits per heavy atom. The molecule has 4 amide bonds. The lowest BCUT2D eigenvalue weighted by Gasteiger charge is -2.16. The fraction of sp³-hybridized carbons (Fsp3) is 0.346. The Kier molecular flexibility index (Phi) is 6.62. The molecule has 0 aliphatic carbocycles. The highest BCUT2D eigenvalue weighted by Crippen LogP contribution is 2.33. The monoisotopic (exact) mass is 530 g/mol. The Morgan fingerprint density at radius 3 is 2.47 bits per heavy atom. The standard InChI is InChI=1S/C26H26N8O3S/c35-19(8-2-1-7-17-25-16(13-38-17)31-26(37)34-25)29-12-20(36)32-18-11-30-23-14-5-3-9-27-21(14)22-15(24(23)33-18)6-4-10-28-22/h3-6,9-11,16-17,25H,1-2,7-8,12-13H2,(H,29,35)(H2,31,34,37)(H,32,33,36)/t16-,17-,25-/m0/s1. The van der Waals surface area contributed by atoms with Gasteiger partial charge in [0.1, 0.15) is 5.52 Å². The van der Waals surface area contributed by atoms with Gasteiger partial charge in [-0.05, 0) is 37.1 Å². The van der Waals surface area contributed by atoms with E-state index in [0.717, 1.165) is 46.8 Å². The number of amides is 4. The Bertz CT molecular complexity index is 1530. The molecule has 12 heteroatoms. The number of unbranched alkanes of at least 4 members (excludes halogenated alkanes) is 1. The number of hydrogen-bond donors (Lipinski definition) is 4. The summed E-state index contributed by atoms with van der Waals surface area (Å²) in [6.45, 7) is -0.150. The normalized spacial score (nSPS) is 20.3. The maximum absolute atomic E-state index is 12.5. The van der Waals surface area contributed by atoms with E-state index < -0.39 is 0 Å². The summed E-state index contributed by atoms with van der Waals surface area (Å²) in [6, 6.07) is 7.79. The van der Waals surface area contributed by atoms with Crippen molar-refractivity contribution >= 4 is 68.3 Å². The quantitative estimate of drug-likeness (QED) is 0.154. The summed E-state index contributed by atoms with van der Waals surface area (Å²) in [5, 5.41) is 13.3. The van der Waals surface area contributed by atoms with Crippen molar-refractivity contribution in [3.05, 3.63) is 42.9 Å². The number of nitrogens with zero attached hydrogens (tertiary/aromatic N) is 4. The van der Waals surface area contributed by atoms with Crippen LogP contribution in [0, 0.1) is 0 Å². The van der Waals surface area contributed by atoms with Crippen molar-refractivity contribution < 1.29 is 14.4 Å². The van der Waals surface area contributed by atoms with Gasteiger partial charge in [-0.3, -0.25) is 24.5 Å². The van der Waals surface area contributed by atoms with E-state index in [1.165, 1.54) is 6.20 Å². The van der Waals surface area contributed by atoms with Gasteiger partial charge in [-0.1, -0.05) is 6.42 Å². The molecular formula is C26H26N8O3S. The van der Waals surface area contributed by atoms with Crippen molar-refractivity contribution in [2.24, 2.45) is 0 Å². The topological polar surface area (TPSA) is 151 Å². The molecule has 6 rings (SSSR count). The molecule has 194 valence electrons. The number of aromatic nitrogens is 4. The van der Waals surface area contributed by atoms with Gasteiger partial charge < -0.3 is 21.3 Å². The number of hydrogen-bond acceptors (Lipinski definition) is 8. The molecule has 0 bridgehead atoms. The molecule has 3 aromatic heterocycles. The predicted molar refractivity (Wildman–Crippen MR) is 146 cm³/mol. The van der Waals surface area contributed by atoms with E-state index >= 15 is 0 Å². The van der Waals surface area contributed by atoms with Crippen molar-refractivity contribution in [3.63, 3.8) is 0 Å². The van der Waals surface area contributed by atoms with Gasteiger partial charge in [0.15, 0.2) is 5.82 Å². The van der Waals surface area contributed by atoms with E-state index in [2.05, 4.69) is 41.2 Å². The molecule has 0 radical (unpaired) electrons. The third kappa shape index (κ3) is 4.78. The Morgan fingerprint density at radius 1 is 0.947 bits per heavy atom. The van der Waals surface area contributed by atoms with Gasteiger partial charge in [-0.2, -0.15) is 11.8 Å². The number of carbonyl (C=O) groups excluding carboxylic acids is 3. The zero-order chi connectivity index (χ0) is 26.1. The molecule has 0 spiro atoms. The van der Waals surface area contributed by atoms with Crippen molar-refractivity contribution in [2.45, 2.75) is 43.0 Å². The van der Waals surface area contributed by atoms with Crippen LogP contribution in [0.4, 0.5) is 10.6 Å². The summed E-state index contributed by atoms with van der Waals surface area (Å²) in [6.07, 6.45) is 7.83. The minimum Gasteiger partial charge on any atom is -0.347 e. The fourth-order valence-corrected chi connectivity index (χ4v) is 6.68. The summed E-state index contributed by atoms with van der Waals surface area (Å²) in [5.74, 6) is 0.668. The van der Waals surface area contributed by atoms with E-state index in [-0.39, 0.29) is 36.5 Å². The van der Waals surface area contributed by atoms with Gasteiger partial charge in [-0.15, -0.1) is 0 Å². The molecule has 38 heavy (non-hydrogen) atoms. The van der Waals surface area contributed by atoms with E-state index in [0.29, 0.717) is 28.5 Å². The summed E-state index contributed by atoms with van der Waals surface area (Å²) >= 11 is 1.86. The van der Waals surface area contributed by atoms with Gasteiger partial charge in [-0.25, -0.2) is 9.78 Å². The smallest absolute Gasteiger partial charge is 0.315 e. The average molecular weight is 531 g/mol. The number of nitrogens with one attached hydrogen (secondary N) is 4. The van der Waals surface area contributed by atoms with Crippen LogP contribution in [0.5, 0.6) is 0 Å². The first-order valence-electron chi connectivity index (χ1n) is 12.6. The molecule has 0 unspecified atom stereocenters. The predicted octanol–water partition coefficient (Wildman–Crippen LogP) is 2.51. The number of urea groups is 1. The third-order valence-corrected chi connectivity index (χ3v) is 8.43. The molecule has 5 heterocycles. The molecule has 2 saturated heterocycles. The van der Waals surface area contributed by atoms with E-state index in [4.69, 9.17) is 0 Å². The fourth-order valence-electron chi connectivity index (χ4n) is 5.13. The highest BCUT2D eigenvalue weighted by Gasteiger charge is 2.42. The third-order valence-electron chi connectivity index (χ3n) is 6.92. The van der Waals surface area contributed by atoms with Gasteiger partial charge in [0, 0.05) is 40.6 Å². The number of fused-ring (bicyclic) bond motifs is 7. The van der Waals surface area contributed by atoms with Gasteiger partial charge in [0.05, 0.1) is 41.4 Å². The second-order valence-corrected chi connectivity index (χ2v) is 10.7. The minimum atomic E-state index is -0.380. The molecule has 2 aliphatic rings. The highest BCUT2D eigenvalue weighted by atomic mass is 32.2. The summed E-state index contributed by atoms with van der Waals surface area (Å²) in [5.41, 5.74) is 2.77. The number of benzene rings is 1. The van der Waals surface area contributed by atoms with Crippen molar-refractivity contribution in [2.75, 3.05) is 17.6 Å². The lowest BCUT2D eigenvalue weighted by atomic mass is 10.0. The highest BCUT2D eigenvalue weighted by molar-refractivity contribution is 8.00. The molecular weight excluding hydrogens is 504 g/mol. The van der Waals surface area contributed by atoms with Crippen LogP contribution in [0.1, 0.15) is 25.7 Å². The molecule has 2 fully saturated rings. The lowest BCUT2D eigenvalue weighted by molar-refractivity contribution is -0.124. The molecule has 3 atom stereocenters. The Labute approximate surface area is 222 Å². The zero-order valence-electron chi connectivity index (χ0n) is 20.4. The number of anilines is 1. The average Bonchev–Trinajstić information content (AvgIpc) is 3.49. The summed E-state index contributed by atoms with van der Waals surface area (Å²) in [4.78, 5) is 54.4. The molecule has 0 saturated carbocycles. The largest absolute Gasteiger partial charge is 0.347 e. The molecule has 4 N–H and O–H groups in total. The lowest BCUT2D eigenvalue weighted by Crippen LogP contribution is -2.36. The first-order valence-corrected chi connectivity index (χ1v) is 13.6. The van der Waals surface area contributed by atoms with Crippen LogP contribution in [-0.4, -0.2) is 67.4 Å². The number of carbonyl (C=O) groups is 3. The molecule has 11 nitrogen and oxygen atoms in total. The molecule has 1 aromatic carbocycles. The van der Waals surface area contributed by atoms with E-state index in [1.807, 2.05) is 36.0 Å². The van der Waals surface area contributed by atoms with E-state index in [1.54, 1.807) is 12.4 Å². The van der Waals surface area contributed by atoms with Crippen LogP contribution < -0.4 is 21.3 Å². The van der Waals surface area contributed by atoms with Crippen LogP contribution in [0.3, 0.4) is 0 Å². The zero-order valence-corrected chi connectivity index (χ0v) is 21.3. The van der Waals surface area contributed by atoms with Gasteiger partial charge in [0.2, 0.25) is 11.8 Å². The number of pyridine rings is 2. The second kappa shape index (κ2) is 10.4. The second-order valence-electron chi connectivity index (χ2n) is 9.44. The molecule has 4 aromatic rings. The van der Waals surface area contributed by atoms with Crippen molar-refractivity contribution in [1.29, 1.82) is 0 Å².